The van der Waals surface area contributed by atoms with Crippen LogP contribution in [-0.2, 0) is 15.0 Å². The molecule has 0 aliphatic carbocycles. The summed E-state index contributed by atoms with van der Waals surface area (Å²) in [7, 11) is 1.79. The highest BCUT2D eigenvalue weighted by Crippen LogP contribution is 2.42. The molecule has 6 nitrogen and oxygen atoms in total. The first kappa shape index (κ1) is 21.3. The van der Waals surface area contributed by atoms with Gasteiger partial charge in [-0.05, 0) is 62.7 Å². The van der Waals surface area contributed by atoms with Crippen LogP contribution >= 0.6 is 22.9 Å². The minimum atomic E-state index is -0.698. The van der Waals surface area contributed by atoms with Crippen molar-refractivity contribution < 1.29 is 14.3 Å². The fourth-order valence-corrected chi connectivity index (χ4v) is 4.42. The molecule has 31 heavy (non-hydrogen) atoms. The molecule has 1 aliphatic heterocycles. The summed E-state index contributed by atoms with van der Waals surface area (Å²) in [4.78, 5) is 31.3. The Morgan fingerprint density at radius 3 is 2.65 bits per heavy atom. The Bertz CT molecular complexity index is 1160. The highest BCUT2D eigenvalue weighted by Gasteiger charge is 2.42. The molecule has 0 saturated carbocycles. The Morgan fingerprint density at radius 2 is 1.94 bits per heavy atom. The number of anilines is 2. The van der Waals surface area contributed by atoms with Gasteiger partial charge in [0.2, 0.25) is 5.91 Å². The smallest absolute Gasteiger partial charge is 0.266 e. The van der Waals surface area contributed by atoms with Crippen LogP contribution in [0, 0.1) is 0 Å². The van der Waals surface area contributed by atoms with E-state index in [4.69, 9.17) is 16.3 Å². The number of ether oxygens (including phenoxy) is 1. The molecule has 160 valence electrons. The van der Waals surface area contributed by atoms with Crippen molar-refractivity contribution in [2.75, 3.05) is 17.3 Å². The predicted molar refractivity (Wildman–Crippen MR) is 124 cm³/mol. The molecule has 2 amide bonds. The number of halogens is 1. The number of benzene rings is 2. The average molecular weight is 456 g/mol. The molecule has 4 rings (SSSR count). The SMILES string of the molecule is CC(Oc1ccc(Cl)cc1)C(=O)Nc1nc(-c2ccc3c(c2)C(C)(C)C(=O)N3C)cs1. The fraction of sp³-hybridized carbons (Fsp3) is 0.261. The third kappa shape index (κ3) is 4.03. The van der Waals surface area contributed by atoms with E-state index >= 15 is 0 Å². The van der Waals surface area contributed by atoms with Gasteiger partial charge < -0.3 is 9.64 Å². The third-order valence-electron chi connectivity index (χ3n) is 5.40. The molecule has 2 heterocycles. The van der Waals surface area contributed by atoms with Gasteiger partial charge in [0, 0.05) is 28.7 Å². The Balaban J connectivity index is 1.48. The standard InChI is InChI=1S/C23H22ClN3O3S/c1-13(30-16-8-6-15(24)7-9-16)20(28)26-22-25-18(12-31-22)14-5-10-19-17(11-14)23(2,3)21(29)27(19)4/h5-13H,1-4H3,(H,25,26,28). The number of amides is 2. The number of thiazole rings is 1. The molecule has 0 radical (unpaired) electrons. The molecular weight excluding hydrogens is 434 g/mol. The molecule has 8 heteroatoms. The summed E-state index contributed by atoms with van der Waals surface area (Å²) in [6, 6.07) is 12.7. The van der Waals surface area contributed by atoms with Crippen molar-refractivity contribution in [1.29, 1.82) is 0 Å². The minimum absolute atomic E-state index is 0.0700. The molecule has 2 aromatic carbocycles. The van der Waals surface area contributed by atoms with E-state index in [9.17, 15) is 9.59 Å². The predicted octanol–water partition coefficient (Wildman–Crippen LogP) is 5.12. The monoisotopic (exact) mass is 455 g/mol. The van der Waals surface area contributed by atoms with Crippen LogP contribution in [0.1, 0.15) is 26.3 Å². The lowest BCUT2D eigenvalue weighted by Crippen LogP contribution is -2.33. The second kappa shape index (κ2) is 7.98. The van der Waals surface area contributed by atoms with Gasteiger partial charge in [0.05, 0.1) is 11.1 Å². The summed E-state index contributed by atoms with van der Waals surface area (Å²) < 4.78 is 5.66. The number of carbonyl (C=O) groups is 2. The first-order valence-corrected chi connectivity index (χ1v) is 11.0. The van der Waals surface area contributed by atoms with Crippen molar-refractivity contribution in [3.05, 3.63) is 58.4 Å². The number of likely N-dealkylation sites (N-methyl/N-ethyl adjacent to an activating group) is 1. The van der Waals surface area contributed by atoms with E-state index < -0.39 is 11.5 Å². The highest BCUT2D eigenvalue weighted by molar-refractivity contribution is 7.14. The number of aromatic nitrogens is 1. The molecule has 0 saturated heterocycles. The van der Waals surface area contributed by atoms with Crippen LogP contribution in [0.5, 0.6) is 5.75 Å². The largest absolute Gasteiger partial charge is 0.481 e. The Labute approximate surface area is 189 Å². The van der Waals surface area contributed by atoms with Crippen molar-refractivity contribution in [3.63, 3.8) is 0 Å². The van der Waals surface area contributed by atoms with E-state index in [-0.39, 0.29) is 11.8 Å². The number of carbonyl (C=O) groups excluding carboxylic acids is 2. The lowest BCUT2D eigenvalue weighted by molar-refractivity contribution is -0.122. The molecule has 1 atom stereocenters. The summed E-state index contributed by atoms with van der Waals surface area (Å²) in [5.41, 5.74) is 2.95. The summed E-state index contributed by atoms with van der Waals surface area (Å²) >= 11 is 7.21. The van der Waals surface area contributed by atoms with Crippen molar-refractivity contribution in [1.82, 2.24) is 4.98 Å². The molecule has 1 aromatic heterocycles. The molecule has 0 spiro atoms. The number of fused-ring (bicyclic) bond motifs is 1. The third-order valence-corrected chi connectivity index (χ3v) is 6.41. The van der Waals surface area contributed by atoms with E-state index in [0.717, 1.165) is 22.5 Å². The lowest BCUT2D eigenvalue weighted by Gasteiger charge is -2.16. The Kier molecular flexibility index (Phi) is 5.49. The average Bonchev–Trinajstić information content (AvgIpc) is 3.27. The Hall–Kier alpha value is -2.90. The van der Waals surface area contributed by atoms with Crippen LogP contribution in [0.3, 0.4) is 0 Å². The van der Waals surface area contributed by atoms with Crippen molar-refractivity contribution in [2.24, 2.45) is 0 Å². The molecule has 0 bridgehead atoms. The zero-order valence-corrected chi connectivity index (χ0v) is 19.2. The molecule has 1 aliphatic rings. The van der Waals surface area contributed by atoms with E-state index in [2.05, 4.69) is 10.3 Å². The van der Waals surface area contributed by atoms with Gasteiger partial charge in [-0.2, -0.15) is 0 Å². The van der Waals surface area contributed by atoms with Crippen molar-refractivity contribution >= 4 is 45.6 Å². The highest BCUT2D eigenvalue weighted by atomic mass is 35.5. The van der Waals surface area contributed by atoms with Crippen LogP contribution in [0.2, 0.25) is 5.02 Å². The summed E-state index contributed by atoms with van der Waals surface area (Å²) in [6.45, 7) is 5.53. The maximum atomic E-state index is 12.5. The topological polar surface area (TPSA) is 71.5 Å². The van der Waals surface area contributed by atoms with Gasteiger partial charge in [0.15, 0.2) is 11.2 Å². The molecule has 0 fully saturated rings. The zero-order chi connectivity index (χ0) is 22.3. The van der Waals surface area contributed by atoms with E-state index in [0.29, 0.717) is 15.9 Å². The summed E-state index contributed by atoms with van der Waals surface area (Å²) in [6.07, 6.45) is -0.698. The van der Waals surface area contributed by atoms with Crippen LogP contribution in [0.25, 0.3) is 11.3 Å². The van der Waals surface area contributed by atoms with Gasteiger partial charge in [0.25, 0.3) is 5.91 Å². The minimum Gasteiger partial charge on any atom is -0.481 e. The van der Waals surface area contributed by atoms with Gasteiger partial charge in [-0.1, -0.05) is 17.7 Å². The first-order chi connectivity index (χ1) is 14.7. The molecule has 1 unspecified atom stereocenters. The maximum Gasteiger partial charge on any atom is 0.266 e. The molecular formula is C23H22ClN3O3S. The van der Waals surface area contributed by atoms with Gasteiger partial charge in [-0.25, -0.2) is 4.98 Å². The van der Waals surface area contributed by atoms with Gasteiger partial charge in [-0.15, -0.1) is 11.3 Å². The number of nitrogens with zero attached hydrogens (tertiary/aromatic N) is 2. The summed E-state index contributed by atoms with van der Waals surface area (Å²) in [5.74, 6) is 0.339. The molecule has 3 aromatic rings. The van der Waals surface area contributed by atoms with Crippen molar-refractivity contribution in [3.8, 4) is 17.0 Å². The Morgan fingerprint density at radius 1 is 1.23 bits per heavy atom. The van der Waals surface area contributed by atoms with Gasteiger partial charge >= 0.3 is 0 Å². The van der Waals surface area contributed by atoms with E-state index in [1.807, 2.05) is 37.4 Å². The van der Waals surface area contributed by atoms with Crippen LogP contribution in [0.15, 0.2) is 47.8 Å². The second-order valence-corrected chi connectivity index (χ2v) is 9.26. The molecule has 1 N–H and O–H groups in total. The second-order valence-electron chi connectivity index (χ2n) is 7.96. The number of rotatable bonds is 5. The van der Waals surface area contributed by atoms with E-state index in [1.54, 1.807) is 43.1 Å². The van der Waals surface area contributed by atoms with E-state index in [1.165, 1.54) is 11.3 Å². The number of hydrogen-bond donors (Lipinski definition) is 1. The van der Waals surface area contributed by atoms with Crippen LogP contribution in [0.4, 0.5) is 10.8 Å². The first-order valence-electron chi connectivity index (χ1n) is 9.78. The van der Waals surface area contributed by atoms with Crippen molar-refractivity contribution in [2.45, 2.75) is 32.3 Å². The fourth-order valence-electron chi connectivity index (χ4n) is 3.57. The number of nitrogens with one attached hydrogen (secondary N) is 1. The quantitative estimate of drug-likeness (QED) is 0.579. The normalized spacial score (nSPS) is 15.5. The van der Waals surface area contributed by atoms with Gasteiger partial charge in [0.1, 0.15) is 5.75 Å². The zero-order valence-electron chi connectivity index (χ0n) is 17.6. The lowest BCUT2D eigenvalue weighted by atomic mass is 9.85. The number of hydrogen-bond acceptors (Lipinski definition) is 5. The van der Waals surface area contributed by atoms with Crippen LogP contribution < -0.4 is 15.0 Å². The maximum absolute atomic E-state index is 12.5. The van der Waals surface area contributed by atoms with Gasteiger partial charge in [-0.3, -0.25) is 14.9 Å². The summed E-state index contributed by atoms with van der Waals surface area (Å²) in [5, 5.41) is 5.77. The van der Waals surface area contributed by atoms with Crippen LogP contribution in [-0.4, -0.2) is 29.9 Å².